The lowest BCUT2D eigenvalue weighted by atomic mass is 9.78. The summed E-state index contributed by atoms with van der Waals surface area (Å²) >= 11 is 0. The molecular formula is C17H35N3O. The maximum Gasteiger partial charge on any atom is 0.193 e. The summed E-state index contributed by atoms with van der Waals surface area (Å²) in [5.41, 5.74) is 0.199. The van der Waals surface area contributed by atoms with Crippen molar-refractivity contribution in [2.24, 2.45) is 16.3 Å². The van der Waals surface area contributed by atoms with Crippen LogP contribution in [0.25, 0.3) is 0 Å². The van der Waals surface area contributed by atoms with E-state index in [9.17, 15) is 0 Å². The van der Waals surface area contributed by atoms with Gasteiger partial charge in [-0.2, -0.15) is 0 Å². The van der Waals surface area contributed by atoms with Gasteiger partial charge < -0.3 is 15.0 Å². The number of guanidine groups is 1. The molecule has 1 saturated heterocycles. The third-order valence-electron chi connectivity index (χ3n) is 4.24. The fraction of sp³-hybridized carbons (Fsp3) is 0.941. The summed E-state index contributed by atoms with van der Waals surface area (Å²) in [5, 5.41) is 3.55. The normalized spacial score (nSPS) is 24.0. The second kappa shape index (κ2) is 8.62. The molecule has 1 fully saturated rings. The van der Waals surface area contributed by atoms with E-state index in [0.717, 1.165) is 25.7 Å². The third kappa shape index (κ3) is 5.85. The molecule has 2 unspecified atom stereocenters. The molecule has 0 spiro atoms. The lowest BCUT2D eigenvalue weighted by molar-refractivity contribution is -0.0836. The van der Waals surface area contributed by atoms with Gasteiger partial charge in [0.25, 0.3) is 0 Å². The van der Waals surface area contributed by atoms with Crippen LogP contribution < -0.4 is 5.32 Å². The smallest absolute Gasteiger partial charge is 0.193 e. The van der Waals surface area contributed by atoms with Gasteiger partial charge in [0.05, 0.1) is 6.10 Å². The third-order valence-corrected chi connectivity index (χ3v) is 4.24. The first kappa shape index (κ1) is 18.3. The summed E-state index contributed by atoms with van der Waals surface area (Å²) < 4.78 is 6.05. The van der Waals surface area contributed by atoms with E-state index in [0.29, 0.717) is 12.0 Å². The van der Waals surface area contributed by atoms with Crippen molar-refractivity contribution in [1.29, 1.82) is 0 Å². The number of nitrogens with one attached hydrogen (secondary N) is 1. The Labute approximate surface area is 131 Å². The molecule has 1 aliphatic heterocycles. The molecule has 2 atom stereocenters. The number of hydrogen-bond acceptors (Lipinski definition) is 2. The minimum Gasteiger partial charge on any atom is -0.377 e. The second-order valence-corrected chi connectivity index (χ2v) is 7.26. The van der Waals surface area contributed by atoms with Crippen molar-refractivity contribution in [3.63, 3.8) is 0 Å². The first-order valence-corrected chi connectivity index (χ1v) is 8.43. The van der Waals surface area contributed by atoms with Gasteiger partial charge in [-0.05, 0) is 24.7 Å². The van der Waals surface area contributed by atoms with E-state index >= 15 is 0 Å². The molecule has 0 bridgehead atoms. The Morgan fingerprint density at radius 2 is 2.10 bits per heavy atom. The molecule has 21 heavy (non-hydrogen) atoms. The summed E-state index contributed by atoms with van der Waals surface area (Å²) in [6.45, 7) is 12.0. The van der Waals surface area contributed by atoms with E-state index in [1.165, 1.54) is 25.7 Å². The Morgan fingerprint density at radius 1 is 1.38 bits per heavy atom. The van der Waals surface area contributed by atoms with E-state index in [1.807, 2.05) is 7.05 Å². The highest BCUT2D eigenvalue weighted by Gasteiger charge is 2.35. The van der Waals surface area contributed by atoms with E-state index in [2.05, 4.69) is 50.0 Å². The number of rotatable bonds is 5. The second-order valence-electron chi connectivity index (χ2n) is 7.26. The van der Waals surface area contributed by atoms with E-state index in [1.54, 1.807) is 0 Å². The van der Waals surface area contributed by atoms with E-state index < -0.39 is 0 Å². The molecule has 0 aromatic rings. The fourth-order valence-electron chi connectivity index (χ4n) is 3.12. The van der Waals surface area contributed by atoms with Crippen LogP contribution in [0.1, 0.15) is 53.4 Å². The standard InChI is InChI=1S/C17H35N3O/c1-7-8-11-20(6)16(18-5)19-13-14-10-9-12-21-15(14)17(2,3)4/h14-15H,7-13H2,1-6H3,(H,18,19). The average Bonchev–Trinajstić information content (AvgIpc) is 2.45. The highest BCUT2D eigenvalue weighted by atomic mass is 16.5. The Bertz CT molecular complexity index is 322. The summed E-state index contributed by atoms with van der Waals surface area (Å²) in [6.07, 6.45) is 5.16. The van der Waals surface area contributed by atoms with Crippen LogP contribution in [0.4, 0.5) is 0 Å². The lowest BCUT2D eigenvalue weighted by Crippen LogP contribution is -2.48. The molecule has 1 N–H and O–H groups in total. The molecule has 0 aromatic carbocycles. The Kier molecular flexibility index (Phi) is 7.50. The molecule has 124 valence electrons. The lowest BCUT2D eigenvalue weighted by Gasteiger charge is -2.40. The van der Waals surface area contributed by atoms with Crippen LogP contribution in [0.3, 0.4) is 0 Å². The number of ether oxygens (including phenoxy) is 1. The summed E-state index contributed by atoms with van der Waals surface area (Å²) in [5.74, 6) is 1.57. The van der Waals surface area contributed by atoms with Crippen LogP contribution >= 0.6 is 0 Å². The topological polar surface area (TPSA) is 36.9 Å². The molecule has 0 aromatic heterocycles. The van der Waals surface area contributed by atoms with Crippen LogP contribution in [0.5, 0.6) is 0 Å². The number of unbranched alkanes of at least 4 members (excludes halogenated alkanes) is 1. The number of hydrogen-bond donors (Lipinski definition) is 1. The zero-order valence-corrected chi connectivity index (χ0v) is 14.9. The van der Waals surface area contributed by atoms with Gasteiger partial charge in [-0.15, -0.1) is 0 Å². The molecule has 4 nitrogen and oxygen atoms in total. The zero-order valence-electron chi connectivity index (χ0n) is 14.9. The average molecular weight is 297 g/mol. The van der Waals surface area contributed by atoms with Crippen molar-refractivity contribution in [3.8, 4) is 0 Å². The molecule has 0 radical (unpaired) electrons. The zero-order chi connectivity index (χ0) is 15.9. The van der Waals surface area contributed by atoms with Crippen molar-refractivity contribution >= 4 is 5.96 Å². The first-order valence-electron chi connectivity index (χ1n) is 8.43. The highest BCUT2D eigenvalue weighted by molar-refractivity contribution is 5.79. The van der Waals surface area contributed by atoms with Crippen molar-refractivity contribution in [2.45, 2.75) is 59.5 Å². The summed E-state index contributed by atoms with van der Waals surface area (Å²) in [6, 6.07) is 0. The molecule has 0 aliphatic carbocycles. The Morgan fingerprint density at radius 3 is 2.67 bits per heavy atom. The molecule has 4 heteroatoms. The molecule has 0 saturated carbocycles. The summed E-state index contributed by atoms with van der Waals surface area (Å²) in [4.78, 5) is 6.62. The monoisotopic (exact) mass is 297 g/mol. The largest absolute Gasteiger partial charge is 0.377 e. The van der Waals surface area contributed by atoms with Gasteiger partial charge in [0.2, 0.25) is 0 Å². The predicted octanol–water partition coefficient (Wildman–Crippen LogP) is 3.14. The fourth-order valence-corrected chi connectivity index (χ4v) is 3.12. The van der Waals surface area contributed by atoms with E-state index in [4.69, 9.17) is 4.74 Å². The maximum absolute atomic E-state index is 6.05. The van der Waals surface area contributed by atoms with Crippen LogP contribution in [-0.2, 0) is 4.74 Å². The van der Waals surface area contributed by atoms with Gasteiger partial charge in [0.1, 0.15) is 0 Å². The van der Waals surface area contributed by atoms with Gasteiger partial charge in [-0.25, -0.2) is 0 Å². The quantitative estimate of drug-likeness (QED) is 0.626. The maximum atomic E-state index is 6.05. The molecular weight excluding hydrogens is 262 g/mol. The SMILES string of the molecule is CCCCN(C)C(=NC)NCC1CCCOC1C(C)(C)C. The van der Waals surface area contributed by atoms with Gasteiger partial charge in [-0.1, -0.05) is 34.1 Å². The van der Waals surface area contributed by atoms with Gasteiger partial charge in [0, 0.05) is 39.7 Å². The van der Waals surface area contributed by atoms with Crippen molar-refractivity contribution < 1.29 is 4.74 Å². The minimum atomic E-state index is 0.199. The van der Waals surface area contributed by atoms with Crippen molar-refractivity contribution in [3.05, 3.63) is 0 Å². The van der Waals surface area contributed by atoms with E-state index in [-0.39, 0.29) is 5.41 Å². The van der Waals surface area contributed by atoms with Crippen LogP contribution in [0.2, 0.25) is 0 Å². The van der Waals surface area contributed by atoms with Crippen molar-refractivity contribution in [1.82, 2.24) is 10.2 Å². The molecule has 0 amide bonds. The van der Waals surface area contributed by atoms with Crippen LogP contribution in [0, 0.1) is 11.3 Å². The van der Waals surface area contributed by atoms with Crippen LogP contribution in [0.15, 0.2) is 4.99 Å². The highest BCUT2D eigenvalue weighted by Crippen LogP contribution is 2.33. The van der Waals surface area contributed by atoms with Crippen LogP contribution in [-0.4, -0.2) is 50.8 Å². The molecule has 1 heterocycles. The Balaban J connectivity index is 2.54. The number of nitrogens with zero attached hydrogens (tertiary/aromatic N) is 2. The van der Waals surface area contributed by atoms with Gasteiger partial charge >= 0.3 is 0 Å². The predicted molar refractivity (Wildman–Crippen MR) is 90.8 cm³/mol. The minimum absolute atomic E-state index is 0.199. The van der Waals surface area contributed by atoms with Crippen molar-refractivity contribution in [2.75, 3.05) is 33.8 Å². The van der Waals surface area contributed by atoms with Gasteiger partial charge in [-0.3, -0.25) is 4.99 Å². The first-order chi connectivity index (χ1) is 9.90. The summed E-state index contributed by atoms with van der Waals surface area (Å²) in [7, 11) is 3.98. The number of aliphatic imine (C=N–C) groups is 1. The molecule has 1 rings (SSSR count). The van der Waals surface area contributed by atoms with Gasteiger partial charge in [0.15, 0.2) is 5.96 Å². The molecule has 1 aliphatic rings. The Hall–Kier alpha value is -0.770.